The van der Waals surface area contributed by atoms with E-state index in [0.29, 0.717) is 11.3 Å². The molecule has 1 fully saturated rings. The van der Waals surface area contributed by atoms with Gasteiger partial charge >= 0.3 is 5.84 Å². The van der Waals surface area contributed by atoms with Crippen LogP contribution in [-0.2, 0) is 4.74 Å². The third-order valence-electron chi connectivity index (χ3n) is 4.80. The van der Waals surface area contributed by atoms with E-state index in [4.69, 9.17) is 38.3 Å². The van der Waals surface area contributed by atoms with E-state index in [2.05, 4.69) is 10.1 Å². The van der Waals surface area contributed by atoms with Crippen molar-refractivity contribution in [2.75, 3.05) is 13.7 Å². The minimum atomic E-state index is -1.59. The third kappa shape index (κ3) is 3.43. The molecular formula is C17H18N4O7S2. The molecule has 0 saturated carbocycles. The van der Waals surface area contributed by atoms with Gasteiger partial charge < -0.3 is 34.3 Å². The van der Waals surface area contributed by atoms with Crippen molar-refractivity contribution in [2.45, 2.75) is 30.6 Å². The minimum absolute atomic E-state index is 0.0159. The van der Waals surface area contributed by atoms with Gasteiger partial charge in [0.1, 0.15) is 30.2 Å². The summed E-state index contributed by atoms with van der Waals surface area (Å²) >= 11 is 10.7. The number of nitrogens with zero attached hydrogens (tertiary/aromatic N) is 4. The summed E-state index contributed by atoms with van der Waals surface area (Å²) in [5, 5.41) is 44.2. The molecule has 11 nitrogen and oxygen atoms in total. The number of aliphatic hydroxyl groups excluding tert-OH is 4. The minimum Gasteiger partial charge on any atom is -0.497 e. The van der Waals surface area contributed by atoms with Gasteiger partial charge in [0.05, 0.1) is 13.7 Å². The number of fused-ring (bicyclic) bond motifs is 1. The Bertz CT molecular complexity index is 1170. The lowest BCUT2D eigenvalue weighted by atomic mass is 9.98. The van der Waals surface area contributed by atoms with Crippen LogP contribution in [0.5, 0.6) is 5.75 Å². The number of rotatable bonds is 4. The van der Waals surface area contributed by atoms with Crippen LogP contribution in [0.25, 0.3) is 17.3 Å². The maximum atomic E-state index is 10.4. The van der Waals surface area contributed by atoms with Crippen molar-refractivity contribution < 1.29 is 34.3 Å². The van der Waals surface area contributed by atoms with E-state index >= 15 is 0 Å². The van der Waals surface area contributed by atoms with E-state index in [-0.39, 0.29) is 21.3 Å². The Kier molecular flexibility index (Phi) is 5.67. The summed E-state index contributed by atoms with van der Waals surface area (Å²) in [4.78, 5) is 4.14. The van der Waals surface area contributed by atoms with Gasteiger partial charge in [-0.3, -0.25) is 4.57 Å². The van der Waals surface area contributed by atoms with Crippen molar-refractivity contribution in [1.29, 1.82) is 0 Å². The van der Waals surface area contributed by atoms with Crippen molar-refractivity contribution >= 4 is 30.3 Å². The highest BCUT2D eigenvalue weighted by atomic mass is 32.1. The Hall–Kier alpha value is -2.26. The molecular weight excluding hydrogens is 436 g/mol. The number of aromatic nitrogens is 4. The maximum Gasteiger partial charge on any atom is 0.330 e. The van der Waals surface area contributed by atoms with Crippen molar-refractivity contribution in [1.82, 2.24) is 19.2 Å². The lowest BCUT2D eigenvalue weighted by molar-refractivity contribution is -0.252. The lowest BCUT2D eigenvalue weighted by Crippen LogP contribution is -2.56. The molecule has 0 bridgehead atoms. The second-order valence-electron chi connectivity index (χ2n) is 6.60. The van der Waals surface area contributed by atoms with Gasteiger partial charge in [0.2, 0.25) is 15.4 Å². The van der Waals surface area contributed by atoms with Crippen LogP contribution < -0.4 is 4.74 Å². The number of hydrogen-bond donors (Lipinski definition) is 4. The first kappa shape index (κ1) is 21.0. The fraction of sp³-hybridized carbons (Fsp3) is 0.412. The van der Waals surface area contributed by atoms with E-state index in [1.54, 1.807) is 31.4 Å². The van der Waals surface area contributed by atoms with Crippen molar-refractivity contribution in [3.8, 4) is 17.2 Å². The standard InChI is InChI=1S/C17H18N4O7S2/c1-26-8-4-2-7(3-5-8)13-19-21-15(28-13)18-16(29)20(17(21)30)14-12(25)11(24)10(23)9(6-22)27-14/h2-5,9-12,14,22-25H,6H2,1H3/t9-,10+,11+,12-,14-/m1/s1. The van der Waals surface area contributed by atoms with Crippen LogP contribution in [0.3, 0.4) is 0 Å². The molecule has 1 aliphatic heterocycles. The zero-order valence-electron chi connectivity index (χ0n) is 15.5. The number of methoxy groups -OCH3 is 1. The maximum absolute atomic E-state index is 10.4. The molecule has 0 amide bonds. The van der Waals surface area contributed by atoms with E-state index in [1.165, 1.54) is 9.08 Å². The van der Waals surface area contributed by atoms with Gasteiger partial charge in [0.25, 0.3) is 0 Å². The second-order valence-corrected chi connectivity index (χ2v) is 7.33. The summed E-state index contributed by atoms with van der Waals surface area (Å²) in [6, 6.07) is 6.97. The summed E-state index contributed by atoms with van der Waals surface area (Å²) in [5.74, 6) is 0.909. The van der Waals surface area contributed by atoms with Gasteiger partial charge in [-0.1, -0.05) is 0 Å². The van der Waals surface area contributed by atoms with Crippen molar-refractivity contribution in [3.05, 3.63) is 33.8 Å². The van der Waals surface area contributed by atoms with Crippen LogP contribution in [0.4, 0.5) is 0 Å². The second kappa shape index (κ2) is 8.11. The largest absolute Gasteiger partial charge is 0.497 e. The lowest BCUT2D eigenvalue weighted by Gasteiger charge is -2.40. The summed E-state index contributed by atoms with van der Waals surface area (Å²) in [5.41, 5.74) is 0.640. The normalized spacial score (nSPS) is 26.8. The van der Waals surface area contributed by atoms with E-state index in [0.717, 1.165) is 0 Å². The van der Waals surface area contributed by atoms with E-state index in [1.807, 2.05) is 0 Å². The Morgan fingerprint density at radius 1 is 1.10 bits per heavy atom. The average Bonchev–Trinajstić information content (AvgIpc) is 3.18. The Morgan fingerprint density at radius 2 is 1.80 bits per heavy atom. The molecule has 1 aromatic carbocycles. The molecule has 13 heteroatoms. The van der Waals surface area contributed by atoms with Gasteiger partial charge in [0.15, 0.2) is 6.23 Å². The first-order chi connectivity index (χ1) is 14.3. The molecule has 4 N–H and O–H groups in total. The average molecular weight is 454 g/mol. The van der Waals surface area contributed by atoms with Gasteiger partial charge in [-0.05, 0) is 48.7 Å². The first-order valence-electron chi connectivity index (χ1n) is 8.83. The van der Waals surface area contributed by atoms with Crippen LogP contribution in [0, 0.1) is 9.54 Å². The van der Waals surface area contributed by atoms with Crippen LogP contribution in [-0.4, -0.2) is 77.7 Å². The molecule has 3 aromatic rings. The fourth-order valence-electron chi connectivity index (χ4n) is 3.16. The number of benzene rings is 1. The molecule has 2 aromatic heterocycles. The highest BCUT2D eigenvalue weighted by Crippen LogP contribution is 2.29. The quantitative estimate of drug-likeness (QED) is 0.402. The van der Waals surface area contributed by atoms with Gasteiger partial charge in [-0.15, -0.1) is 5.10 Å². The molecule has 160 valence electrons. The highest BCUT2D eigenvalue weighted by molar-refractivity contribution is 7.72. The zero-order valence-corrected chi connectivity index (χ0v) is 17.2. The summed E-state index contributed by atoms with van der Waals surface area (Å²) in [6.45, 7) is -0.587. The smallest absolute Gasteiger partial charge is 0.330 e. The van der Waals surface area contributed by atoms with E-state index in [9.17, 15) is 20.4 Å². The monoisotopic (exact) mass is 454 g/mol. The topological polar surface area (TPSA) is 148 Å². The molecule has 1 saturated heterocycles. The van der Waals surface area contributed by atoms with Crippen molar-refractivity contribution in [2.24, 2.45) is 0 Å². The highest BCUT2D eigenvalue weighted by Gasteiger charge is 2.45. The molecule has 1 aliphatic rings. The van der Waals surface area contributed by atoms with Crippen LogP contribution >= 0.6 is 24.4 Å². The molecule has 30 heavy (non-hydrogen) atoms. The molecule has 0 aliphatic carbocycles. The Labute approximate surface area is 179 Å². The fourth-order valence-corrected chi connectivity index (χ4v) is 3.80. The molecule has 3 heterocycles. The predicted octanol–water partition coefficient (Wildman–Crippen LogP) is 0.231. The number of aliphatic hydroxyl groups is 4. The molecule has 5 atom stereocenters. The Morgan fingerprint density at radius 3 is 2.43 bits per heavy atom. The van der Waals surface area contributed by atoms with Crippen LogP contribution in [0.1, 0.15) is 6.23 Å². The summed E-state index contributed by atoms with van der Waals surface area (Å²) in [6.07, 6.45) is -7.11. The predicted molar refractivity (Wildman–Crippen MR) is 106 cm³/mol. The summed E-state index contributed by atoms with van der Waals surface area (Å²) in [7, 11) is 1.56. The molecule has 0 unspecified atom stereocenters. The number of hydrogen-bond acceptors (Lipinski definition) is 11. The van der Waals surface area contributed by atoms with Gasteiger partial charge in [-0.25, -0.2) is 0 Å². The van der Waals surface area contributed by atoms with Crippen molar-refractivity contribution in [3.63, 3.8) is 0 Å². The zero-order chi connectivity index (χ0) is 21.6. The van der Waals surface area contributed by atoms with E-state index < -0.39 is 37.3 Å². The van der Waals surface area contributed by atoms with Gasteiger partial charge in [-0.2, -0.15) is 9.50 Å². The van der Waals surface area contributed by atoms with Crippen LogP contribution in [0.15, 0.2) is 28.7 Å². The van der Waals surface area contributed by atoms with Crippen LogP contribution in [0.2, 0.25) is 0 Å². The third-order valence-corrected chi connectivity index (χ3v) is 5.46. The summed E-state index contributed by atoms with van der Waals surface area (Å²) < 4.78 is 18.6. The molecule has 4 rings (SSSR count). The SMILES string of the molecule is COc1ccc(-c2nn3c(=S)n([C@@H]4O[C@H](CO)[C@H](O)[C@H](O)[C@H]4O)c(=S)nc3o2)cc1. The number of ether oxygens (including phenoxy) is 2. The van der Waals surface area contributed by atoms with Gasteiger partial charge in [0, 0.05) is 5.56 Å². The molecule has 0 spiro atoms. The Balaban J connectivity index is 1.80. The molecule has 0 radical (unpaired) electrons. The first-order valence-corrected chi connectivity index (χ1v) is 9.64.